The van der Waals surface area contributed by atoms with Crippen molar-refractivity contribution in [1.29, 1.82) is 0 Å². The summed E-state index contributed by atoms with van der Waals surface area (Å²) >= 11 is 3.25. The smallest absolute Gasteiger partial charge is 0.311 e. The molecule has 0 heterocycles. The van der Waals surface area contributed by atoms with Gasteiger partial charge in [-0.15, -0.1) is 0 Å². The van der Waals surface area contributed by atoms with Crippen molar-refractivity contribution in [3.05, 3.63) is 63.5 Å². The first kappa shape index (κ1) is 15.4. The van der Waals surface area contributed by atoms with Crippen molar-refractivity contribution < 1.29 is 14.1 Å². The Balaban J connectivity index is 2.42. The van der Waals surface area contributed by atoms with Gasteiger partial charge in [-0.05, 0) is 36.2 Å². The highest BCUT2D eigenvalue weighted by atomic mass is 79.9. The Labute approximate surface area is 129 Å². The Kier molecular flexibility index (Phi) is 4.90. The Morgan fingerprint density at radius 2 is 1.95 bits per heavy atom. The van der Waals surface area contributed by atoms with E-state index in [1.165, 1.54) is 24.3 Å². The number of nitrogens with zero attached hydrogens (tertiary/aromatic N) is 1. The molecule has 0 saturated carbocycles. The summed E-state index contributed by atoms with van der Waals surface area (Å²) in [5.41, 5.74) is 1.34. The normalized spacial score (nSPS) is 10.4. The van der Waals surface area contributed by atoms with Gasteiger partial charge in [-0.1, -0.05) is 28.9 Å². The minimum atomic E-state index is -0.480. The molecule has 0 aromatic heterocycles. The van der Waals surface area contributed by atoms with Gasteiger partial charge in [0, 0.05) is 17.0 Å². The van der Waals surface area contributed by atoms with Crippen molar-refractivity contribution in [2.75, 3.05) is 0 Å². The Morgan fingerprint density at radius 3 is 2.57 bits per heavy atom. The molecule has 2 aromatic rings. The third kappa shape index (κ3) is 3.58. The molecule has 0 aliphatic carbocycles. The number of benzene rings is 2. The topological polar surface area (TPSA) is 52.4 Å². The van der Waals surface area contributed by atoms with Crippen molar-refractivity contribution in [2.24, 2.45) is 0 Å². The fourth-order valence-corrected chi connectivity index (χ4v) is 2.32. The Hall–Kier alpha value is -1.95. The molecule has 0 atom stereocenters. The standard InChI is InChI=1S/C15H13BrFNO3/c1-2-10-3-5-15(13(7-10)18(19)20)21-14-6-4-12(17)8-11(14)9-16/h3-8H,2,9H2,1H3. The van der Waals surface area contributed by atoms with Gasteiger partial charge in [-0.3, -0.25) is 10.1 Å². The maximum atomic E-state index is 13.2. The summed E-state index contributed by atoms with van der Waals surface area (Å²) < 4.78 is 18.8. The van der Waals surface area contributed by atoms with Crippen molar-refractivity contribution in [1.82, 2.24) is 0 Å². The lowest BCUT2D eigenvalue weighted by atomic mass is 10.1. The van der Waals surface area contributed by atoms with Gasteiger partial charge < -0.3 is 4.74 Å². The fraction of sp³-hybridized carbons (Fsp3) is 0.200. The van der Waals surface area contributed by atoms with Crippen LogP contribution in [0.1, 0.15) is 18.1 Å². The molecule has 0 spiro atoms. The number of nitro groups is 1. The molecule has 0 radical (unpaired) electrons. The van der Waals surface area contributed by atoms with Crippen LogP contribution in [0.5, 0.6) is 11.5 Å². The molecular weight excluding hydrogens is 341 g/mol. The fourth-order valence-electron chi connectivity index (χ4n) is 1.88. The molecule has 0 N–H and O–H groups in total. The average molecular weight is 354 g/mol. The molecular formula is C15H13BrFNO3. The van der Waals surface area contributed by atoms with Crippen molar-refractivity contribution in [3.8, 4) is 11.5 Å². The minimum absolute atomic E-state index is 0.0980. The monoisotopic (exact) mass is 353 g/mol. The molecule has 2 rings (SSSR count). The minimum Gasteiger partial charge on any atom is -0.450 e. The lowest BCUT2D eigenvalue weighted by Gasteiger charge is -2.10. The second kappa shape index (κ2) is 6.67. The zero-order chi connectivity index (χ0) is 15.4. The SMILES string of the molecule is CCc1ccc(Oc2ccc(F)cc2CBr)c([N+](=O)[O-])c1. The Bertz CT molecular complexity index is 676. The average Bonchev–Trinajstić information content (AvgIpc) is 2.49. The van der Waals surface area contributed by atoms with Crippen molar-refractivity contribution in [2.45, 2.75) is 18.7 Å². The predicted molar refractivity (Wildman–Crippen MR) is 81.6 cm³/mol. The van der Waals surface area contributed by atoms with E-state index in [0.717, 1.165) is 5.56 Å². The zero-order valence-corrected chi connectivity index (χ0v) is 12.9. The van der Waals surface area contributed by atoms with Gasteiger partial charge in [0.05, 0.1) is 4.92 Å². The lowest BCUT2D eigenvalue weighted by molar-refractivity contribution is -0.385. The molecule has 2 aromatic carbocycles. The highest BCUT2D eigenvalue weighted by molar-refractivity contribution is 9.08. The number of hydrogen-bond acceptors (Lipinski definition) is 3. The summed E-state index contributed by atoms with van der Waals surface area (Å²) in [5.74, 6) is 0.152. The van der Waals surface area contributed by atoms with Gasteiger partial charge in [0.25, 0.3) is 0 Å². The van der Waals surface area contributed by atoms with E-state index in [0.29, 0.717) is 23.1 Å². The molecule has 6 heteroatoms. The number of rotatable bonds is 5. The van der Waals surface area contributed by atoms with Crippen LogP contribution in [-0.4, -0.2) is 4.92 Å². The van der Waals surface area contributed by atoms with Crippen LogP contribution < -0.4 is 4.74 Å². The lowest BCUT2D eigenvalue weighted by Crippen LogP contribution is -1.97. The third-order valence-electron chi connectivity index (χ3n) is 3.01. The quantitative estimate of drug-likeness (QED) is 0.432. The van der Waals surface area contributed by atoms with Crippen LogP contribution in [0.15, 0.2) is 36.4 Å². The van der Waals surface area contributed by atoms with Crippen LogP contribution in [0.2, 0.25) is 0 Å². The highest BCUT2D eigenvalue weighted by Crippen LogP contribution is 2.34. The van der Waals surface area contributed by atoms with Gasteiger partial charge in [0.2, 0.25) is 5.75 Å². The van der Waals surface area contributed by atoms with Gasteiger partial charge in [0.15, 0.2) is 0 Å². The molecule has 110 valence electrons. The van der Waals surface area contributed by atoms with Gasteiger partial charge in [-0.25, -0.2) is 4.39 Å². The maximum Gasteiger partial charge on any atom is 0.311 e. The van der Waals surface area contributed by atoms with Gasteiger partial charge in [0.1, 0.15) is 11.6 Å². The van der Waals surface area contributed by atoms with E-state index in [1.54, 1.807) is 12.1 Å². The summed E-state index contributed by atoms with van der Waals surface area (Å²) in [5, 5.41) is 11.5. The predicted octanol–water partition coefficient (Wildman–Crippen LogP) is 4.98. The summed E-state index contributed by atoms with van der Waals surface area (Å²) in [6.45, 7) is 1.92. The second-order valence-electron chi connectivity index (χ2n) is 4.40. The maximum absolute atomic E-state index is 13.2. The first-order valence-electron chi connectivity index (χ1n) is 6.34. The first-order valence-corrected chi connectivity index (χ1v) is 7.46. The molecule has 0 bridgehead atoms. The van der Waals surface area contributed by atoms with E-state index in [-0.39, 0.29) is 17.3 Å². The molecule has 4 nitrogen and oxygen atoms in total. The molecule has 0 aliphatic heterocycles. The van der Waals surface area contributed by atoms with Crippen LogP contribution >= 0.6 is 15.9 Å². The number of halogens is 2. The summed E-state index contributed by atoms with van der Waals surface area (Å²) in [7, 11) is 0. The van der Waals surface area contributed by atoms with E-state index in [1.807, 2.05) is 6.92 Å². The summed E-state index contributed by atoms with van der Waals surface area (Å²) in [4.78, 5) is 10.7. The van der Waals surface area contributed by atoms with Crippen LogP contribution in [0.4, 0.5) is 10.1 Å². The molecule has 0 saturated heterocycles. The number of hydrogen-bond donors (Lipinski definition) is 0. The molecule has 0 aliphatic rings. The van der Waals surface area contributed by atoms with E-state index >= 15 is 0 Å². The van der Waals surface area contributed by atoms with Crippen LogP contribution in [0.25, 0.3) is 0 Å². The van der Waals surface area contributed by atoms with E-state index in [2.05, 4.69) is 15.9 Å². The van der Waals surface area contributed by atoms with Crippen molar-refractivity contribution >= 4 is 21.6 Å². The Morgan fingerprint density at radius 1 is 1.24 bits per heavy atom. The summed E-state index contributed by atoms with van der Waals surface area (Å²) in [6, 6.07) is 8.89. The van der Waals surface area contributed by atoms with Crippen LogP contribution in [0.3, 0.4) is 0 Å². The van der Waals surface area contributed by atoms with E-state index in [4.69, 9.17) is 4.74 Å². The van der Waals surface area contributed by atoms with Gasteiger partial charge in [-0.2, -0.15) is 0 Å². The van der Waals surface area contributed by atoms with Crippen LogP contribution in [0, 0.1) is 15.9 Å². The third-order valence-corrected chi connectivity index (χ3v) is 3.62. The molecule has 0 unspecified atom stereocenters. The van der Waals surface area contributed by atoms with E-state index in [9.17, 15) is 14.5 Å². The number of nitro benzene ring substituents is 1. The zero-order valence-electron chi connectivity index (χ0n) is 11.3. The van der Waals surface area contributed by atoms with Crippen LogP contribution in [-0.2, 0) is 11.8 Å². The number of ether oxygens (including phenoxy) is 1. The number of alkyl halides is 1. The van der Waals surface area contributed by atoms with Gasteiger partial charge >= 0.3 is 5.69 Å². The molecule has 21 heavy (non-hydrogen) atoms. The number of aryl methyl sites for hydroxylation is 1. The largest absolute Gasteiger partial charge is 0.450 e. The highest BCUT2D eigenvalue weighted by Gasteiger charge is 2.17. The van der Waals surface area contributed by atoms with Crippen molar-refractivity contribution in [3.63, 3.8) is 0 Å². The first-order chi connectivity index (χ1) is 10.0. The summed E-state index contributed by atoms with van der Waals surface area (Å²) in [6.07, 6.45) is 0.699. The van der Waals surface area contributed by atoms with E-state index < -0.39 is 4.92 Å². The molecule has 0 fully saturated rings. The second-order valence-corrected chi connectivity index (χ2v) is 4.96. The molecule has 0 amide bonds.